The van der Waals surface area contributed by atoms with E-state index in [0.717, 1.165) is 34.1 Å². The summed E-state index contributed by atoms with van der Waals surface area (Å²) in [7, 11) is -2.44. The molecule has 1 fully saturated rings. The maximum absolute atomic E-state index is 15.5. The monoisotopic (exact) mass is 894 g/mol. The fourth-order valence-electron chi connectivity index (χ4n) is 8.64. The zero-order valence-electron chi connectivity index (χ0n) is 32.7. The van der Waals surface area contributed by atoms with Crippen LogP contribution in [0.5, 0.6) is 0 Å². The van der Waals surface area contributed by atoms with Crippen molar-refractivity contribution in [3.63, 3.8) is 0 Å². The van der Waals surface area contributed by atoms with Crippen molar-refractivity contribution in [3.05, 3.63) is 134 Å². The average molecular weight is 895 g/mol. The van der Waals surface area contributed by atoms with E-state index in [9.17, 15) is 30.8 Å². The van der Waals surface area contributed by atoms with Crippen molar-refractivity contribution in [2.45, 2.75) is 50.6 Å². The van der Waals surface area contributed by atoms with E-state index in [0.29, 0.717) is 16.3 Å². The van der Waals surface area contributed by atoms with E-state index in [-0.39, 0.29) is 61.7 Å². The van der Waals surface area contributed by atoms with Crippen LogP contribution >= 0.6 is 11.6 Å². The molecule has 1 saturated carbocycles. The van der Waals surface area contributed by atoms with Crippen molar-refractivity contribution in [2.75, 3.05) is 11.0 Å². The zero-order chi connectivity index (χ0) is 44.2. The first-order valence-electron chi connectivity index (χ1n) is 19.1. The lowest BCUT2D eigenvalue weighted by Crippen LogP contribution is -2.38. The molecule has 1 amide bonds. The van der Waals surface area contributed by atoms with Gasteiger partial charge in [-0.25, -0.2) is 31.0 Å². The molecular weight excluding hydrogens is 862 g/mol. The van der Waals surface area contributed by atoms with Crippen LogP contribution in [0.2, 0.25) is 5.02 Å². The second-order valence-corrected chi connectivity index (χ2v) is 17.7. The molecule has 320 valence electrons. The van der Waals surface area contributed by atoms with Gasteiger partial charge in [0, 0.05) is 31.0 Å². The molecule has 12 nitrogen and oxygen atoms in total. The molecule has 3 heterocycles. The van der Waals surface area contributed by atoms with Gasteiger partial charge in [0.1, 0.15) is 35.4 Å². The van der Waals surface area contributed by atoms with Crippen molar-refractivity contribution < 1.29 is 39.6 Å². The van der Waals surface area contributed by atoms with Gasteiger partial charge >= 0.3 is 0 Å². The molecule has 3 aromatic heterocycles. The van der Waals surface area contributed by atoms with E-state index >= 15 is 13.6 Å². The molecule has 20 heteroatoms. The number of halogens is 7. The molecule has 0 unspecified atom stereocenters. The normalized spacial score (nSPS) is 17.1. The van der Waals surface area contributed by atoms with Gasteiger partial charge in [0.2, 0.25) is 15.9 Å². The van der Waals surface area contributed by atoms with E-state index in [2.05, 4.69) is 20.2 Å². The van der Waals surface area contributed by atoms with Gasteiger partial charge in [-0.05, 0) is 77.9 Å². The molecule has 3 atom stereocenters. The second kappa shape index (κ2) is 14.7. The number of rotatable bonds is 11. The Morgan fingerprint density at radius 2 is 1.74 bits per heavy atom. The van der Waals surface area contributed by atoms with Gasteiger partial charge in [0.25, 0.3) is 17.9 Å². The number of nitrogens with zero attached hydrogens (tertiary/aromatic N) is 6. The summed E-state index contributed by atoms with van der Waals surface area (Å²) in [4.78, 5) is 34.1. The number of sulfonamides is 1. The Balaban J connectivity index is 1.26. The minimum absolute atomic E-state index is 0.00103. The molecule has 0 radical (unpaired) electrons. The van der Waals surface area contributed by atoms with Crippen LogP contribution in [-0.2, 0) is 40.8 Å². The van der Waals surface area contributed by atoms with E-state index < -0.39 is 87.7 Å². The number of aromatic nitrogens is 6. The predicted molar refractivity (Wildman–Crippen MR) is 218 cm³/mol. The third-order valence-electron chi connectivity index (χ3n) is 11.3. The Labute approximate surface area is 353 Å². The third-order valence-corrected chi connectivity index (χ3v) is 12.1. The van der Waals surface area contributed by atoms with Crippen LogP contribution in [0.3, 0.4) is 0 Å². The van der Waals surface area contributed by atoms with Gasteiger partial charge in [-0.2, -0.15) is 19.0 Å². The summed E-state index contributed by atoms with van der Waals surface area (Å²) in [5, 5.41) is 11.0. The molecule has 2 aliphatic carbocycles. The van der Waals surface area contributed by atoms with Crippen LogP contribution in [0.25, 0.3) is 38.6 Å². The highest BCUT2D eigenvalue weighted by molar-refractivity contribution is 7.92. The van der Waals surface area contributed by atoms with Crippen molar-refractivity contribution in [3.8, 4) is 16.8 Å². The van der Waals surface area contributed by atoms with Crippen molar-refractivity contribution in [2.24, 2.45) is 13.0 Å². The Morgan fingerprint density at radius 1 is 1.02 bits per heavy atom. The Bertz CT molecular complexity index is 3190. The topological polar surface area (TPSA) is 146 Å². The van der Waals surface area contributed by atoms with E-state index in [1.807, 2.05) is 31.2 Å². The van der Waals surface area contributed by atoms with E-state index in [4.69, 9.17) is 16.6 Å². The van der Waals surface area contributed by atoms with Gasteiger partial charge in [0.15, 0.2) is 5.82 Å². The Morgan fingerprint density at radius 3 is 2.44 bits per heavy atom. The van der Waals surface area contributed by atoms with Crippen LogP contribution in [0, 0.1) is 24.5 Å². The molecule has 62 heavy (non-hydrogen) atoms. The first-order chi connectivity index (χ1) is 29.3. The second-order valence-electron chi connectivity index (χ2n) is 15.6. The summed E-state index contributed by atoms with van der Waals surface area (Å²) in [6, 6.07) is 16.3. The molecule has 2 aliphatic rings. The molecule has 7 aromatic rings. The number of carbonyl (C=O) groups is 1. The van der Waals surface area contributed by atoms with Crippen LogP contribution in [-0.4, -0.2) is 49.7 Å². The molecular formula is C42H33ClF6N8O4S. The SMILES string of the molecule is Cc1ccccc1-c1ccc2c(=O)n(-c3ccc(Cl)c4c(NS(C)(=O)=O)nn(C)c34)c([C@H](Cc3cc(F)cc(F)c3)NC(=O)Cn3nc(C(F)F)c4c3C(F)(F)[C@@H]3C[C@H]43)nc2c1. The summed E-state index contributed by atoms with van der Waals surface area (Å²) in [6.07, 6.45) is -2.74. The molecule has 0 saturated heterocycles. The lowest BCUT2D eigenvalue weighted by Gasteiger charge is -2.24. The zero-order valence-corrected chi connectivity index (χ0v) is 34.3. The number of carbonyl (C=O) groups excluding carboxylic acids is 1. The van der Waals surface area contributed by atoms with Crippen LogP contribution in [0.1, 0.15) is 58.7 Å². The Hall–Kier alpha value is -6.21. The highest BCUT2D eigenvalue weighted by Gasteiger charge is 2.67. The quantitative estimate of drug-likeness (QED) is 0.125. The Kier molecular flexibility index (Phi) is 9.77. The summed E-state index contributed by atoms with van der Waals surface area (Å²) in [5.74, 6) is -8.94. The van der Waals surface area contributed by atoms with E-state index in [1.54, 1.807) is 18.2 Å². The summed E-state index contributed by atoms with van der Waals surface area (Å²) in [6.45, 7) is 0.922. The number of fused-ring (bicyclic) bond motifs is 5. The minimum atomic E-state index is -3.90. The highest BCUT2D eigenvalue weighted by Crippen LogP contribution is 2.68. The van der Waals surface area contributed by atoms with Crippen molar-refractivity contribution in [1.29, 1.82) is 0 Å². The van der Waals surface area contributed by atoms with Crippen molar-refractivity contribution >= 4 is 55.2 Å². The number of aryl methyl sites for hydroxylation is 2. The maximum Gasteiger partial charge on any atom is 0.293 e. The maximum atomic E-state index is 15.5. The fraction of sp³-hybridized carbons (Fsp3) is 0.262. The summed E-state index contributed by atoms with van der Waals surface area (Å²) >= 11 is 6.64. The van der Waals surface area contributed by atoms with Gasteiger partial charge in [-0.3, -0.25) is 28.2 Å². The molecule has 2 N–H and O–H groups in total. The number of hydrogen-bond donors (Lipinski definition) is 2. The van der Waals surface area contributed by atoms with Gasteiger partial charge < -0.3 is 5.32 Å². The predicted octanol–water partition coefficient (Wildman–Crippen LogP) is 7.99. The van der Waals surface area contributed by atoms with Gasteiger partial charge in [0.05, 0.1) is 44.8 Å². The van der Waals surface area contributed by atoms with Gasteiger partial charge in [-0.15, -0.1) is 0 Å². The van der Waals surface area contributed by atoms with Crippen LogP contribution in [0.4, 0.5) is 32.2 Å². The molecule has 0 aliphatic heterocycles. The highest BCUT2D eigenvalue weighted by atomic mass is 35.5. The summed E-state index contributed by atoms with van der Waals surface area (Å²) in [5.41, 5.74) is 0.0378. The third kappa shape index (κ3) is 7.05. The largest absolute Gasteiger partial charge is 0.344 e. The number of nitrogens with one attached hydrogen (secondary N) is 2. The lowest BCUT2D eigenvalue weighted by atomic mass is 9.99. The number of benzene rings is 4. The minimum Gasteiger partial charge on any atom is -0.344 e. The number of amides is 1. The molecule has 0 spiro atoms. The molecule has 0 bridgehead atoms. The fourth-order valence-corrected chi connectivity index (χ4v) is 9.38. The van der Waals surface area contributed by atoms with Crippen molar-refractivity contribution in [1.82, 2.24) is 34.4 Å². The van der Waals surface area contributed by atoms with E-state index in [1.165, 1.54) is 23.9 Å². The smallest absolute Gasteiger partial charge is 0.293 e. The van der Waals surface area contributed by atoms with Crippen LogP contribution in [0.15, 0.2) is 77.6 Å². The molecule has 9 rings (SSSR count). The van der Waals surface area contributed by atoms with Gasteiger partial charge in [-0.1, -0.05) is 41.9 Å². The first-order valence-corrected chi connectivity index (χ1v) is 21.3. The number of alkyl halides is 4. The van der Waals surface area contributed by atoms with Crippen LogP contribution < -0.4 is 15.6 Å². The standard InChI is InChI=1S/C42H33ClF6N8O4S/c1-19-6-4-5-7-24(19)21-8-9-25-29(15-21)51-40(57(41(25)59)31-11-10-28(43)34-36(31)55(2)53-39(34)54-62(3,60)61)30(14-20-12-22(44)16-23(45)13-20)50-32(58)18-56-37-33(35(52-56)38(46)47)26-17-27(26)42(37,48)49/h4-13,15-16,26-27,30,38H,14,17-18H2,1-3H3,(H,50,58)(H,53,54)/t26-,27+,30-/m0/s1. The first kappa shape index (κ1) is 41.2. The number of hydrogen-bond acceptors (Lipinski definition) is 7. The summed E-state index contributed by atoms with van der Waals surface area (Å²) < 4.78 is 119. The lowest BCUT2D eigenvalue weighted by molar-refractivity contribution is -0.123. The number of anilines is 1. The average Bonchev–Trinajstić information content (AvgIpc) is 3.73. The molecule has 4 aromatic carbocycles.